The molecular formula is C15H21FN2O3. The summed E-state index contributed by atoms with van der Waals surface area (Å²) in [5.41, 5.74) is 0.456. The summed E-state index contributed by atoms with van der Waals surface area (Å²) < 4.78 is 13.1. The van der Waals surface area contributed by atoms with E-state index in [0.717, 1.165) is 0 Å². The van der Waals surface area contributed by atoms with Crippen LogP contribution in [0, 0.1) is 18.2 Å². The molecule has 0 fully saturated rings. The van der Waals surface area contributed by atoms with Crippen molar-refractivity contribution in [1.29, 1.82) is 0 Å². The third-order valence-corrected chi connectivity index (χ3v) is 3.14. The van der Waals surface area contributed by atoms with Gasteiger partial charge in [-0.25, -0.2) is 4.39 Å². The summed E-state index contributed by atoms with van der Waals surface area (Å²) in [6.07, 6.45) is 0.520. The van der Waals surface area contributed by atoms with Crippen LogP contribution in [0.4, 0.5) is 10.1 Å². The molecule has 0 saturated heterocycles. The van der Waals surface area contributed by atoms with Gasteiger partial charge in [-0.15, -0.1) is 0 Å². The number of hydrogen-bond donors (Lipinski definition) is 3. The molecule has 0 aliphatic heterocycles. The summed E-state index contributed by atoms with van der Waals surface area (Å²) in [5, 5.41) is 13.8. The molecule has 0 unspecified atom stereocenters. The highest BCUT2D eigenvalue weighted by atomic mass is 19.1. The van der Waals surface area contributed by atoms with E-state index in [9.17, 15) is 14.0 Å². The molecule has 5 nitrogen and oxygen atoms in total. The van der Waals surface area contributed by atoms with Crippen molar-refractivity contribution >= 4 is 17.5 Å². The van der Waals surface area contributed by atoms with Gasteiger partial charge in [0.25, 0.3) is 0 Å². The molecule has 0 bridgehead atoms. The average Bonchev–Trinajstić information content (AvgIpc) is 2.40. The average molecular weight is 296 g/mol. The van der Waals surface area contributed by atoms with Crippen LogP contribution in [0.5, 0.6) is 0 Å². The van der Waals surface area contributed by atoms with Gasteiger partial charge in [0, 0.05) is 18.8 Å². The van der Waals surface area contributed by atoms with Crippen LogP contribution in [0.3, 0.4) is 0 Å². The van der Waals surface area contributed by atoms with Crippen molar-refractivity contribution in [2.75, 3.05) is 18.5 Å². The zero-order valence-electron chi connectivity index (χ0n) is 12.5. The van der Waals surface area contributed by atoms with Gasteiger partial charge in [0.1, 0.15) is 5.82 Å². The second-order valence-electron chi connectivity index (χ2n) is 5.74. The highest BCUT2D eigenvalue weighted by Gasteiger charge is 2.21. The minimum atomic E-state index is -0.805. The molecule has 0 aromatic heterocycles. The number of aryl methyl sites for hydroxylation is 1. The van der Waals surface area contributed by atoms with Crippen LogP contribution >= 0.6 is 0 Å². The summed E-state index contributed by atoms with van der Waals surface area (Å²) in [6.45, 7) is 5.63. The van der Waals surface area contributed by atoms with E-state index < -0.39 is 11.8 Å². The lowest BCUT2D eigenvalue weighted by molar-refractivity contribution is -0.136. The number of rotatable bonds is 5. The molecule has 0 aliphatic rings. The number of hydrogen-bond acceptors (Lipinski definition) is 3. The van der Waals surface area contributed by atoms with Crippen molar-refractivity contribution in [3.8, 4) is 0 Å². The fourth-order valence-corrected chi connectivity index (χ4v) is 1.70. The maximum Gasteiger partial charge on any atom is 0.313 e. The number of anilines is 1. The molecule has 0 radical (unpaired) electrons. The Balaban J connectivity index is 2.55. The summed E-state index contributed by atoms with van der Waals surface area (Å²) in [4.78, 5) is 23.4. The van der Waals surface area contributed by atoms with Crippen molar-refractivity contribution in [2.45, 2.75) is 27.2 Å². The summed E-state index contributed by atoms with van der Waals surface area (Å²) in [7, 11) is 0. The highest BCUT2D eigenvalue weighted by Crippen LogP contribution is 2.18. The van der Waals surface area contributed by atoms with Gasteiger partial charge in [0.2, 0.25) is 0 Å². The Kier molecular flexibility index (Phi) is 5.84. The Hall–Kier alpha value is -1.95. The van der Waals surface area contributed by atoms with Gasteiger partial charge in [-0.05, 0) is 42.5 Å². The molecule has 3 N–H and O–H groups in total. The number of halogens is 1. The summed E-state index contributed by atoms with van der Waals surface area (Å²) in [5.74, 6) is -1.94. The Morgan fingerprint density at radius 1 is 1.29 bits per heavy atom. The molecule has 1 rings (SSSR count). The molecule has 0 spiro atoms. The molecular weight excluding hydrogens is 275 g/mol. The number of benzene rings is 1. The van der Waals surface area contributed by atoms with Crippen LogP contribution in [0.1, 0.15) is 25.8 Å². The zero-order valence-corrected chi connectivity index (χ0v) is 12.5. The second kappa shape index (κ2) is 7.17. The summed E-state index contributed by atoms with van der Waals surface area (Å²) in [6, 6.07) is 4.08. The quantitative estimate of drug-likeness (QED) is 0.722. The van der Waals surface area contributed by atoms with E-state index in [4.69, 9.17) is 5.11 Å². The number of nitrogens with one attached hydrogen (secondary N) is 2. The Morgan fingerprint density at radius 2 is 1.95 bits per heavy atom. The first-order valence-electron chi connectivity index (χ1n) is 6.71. The molecule has 1 aromatic rings. The molecule has 21 heavy (non-hydrogen) atoms. The van der Waals surface area contributed by atoms with Gasteiger partial charge < -0.3 is 15.7 Å². The molecule has 0 aliphatic carbocycles. The lowest BCUT2D eigenvalue weighted by atomic mass is 9.90. The van der Waals surface area contributed by atoms with Crippen LogP contribution < -0.4 is 10.6 Å². The minimum Gasteiger partial charge on any atom is -0.396 e. The van der Waals surface area contributed by atoms with E-state index in [1.165, 1.54) is 18.2 Å². The first kappa shape index (κ1) is 17.1. The lowest BCUT2D eigenvalue weighted by Gasteiger charge is -2.23. The van der Waals surface area contributed by atoms with Gasteiger partial charge in [-0.3, -0.25) is 9.59 Å². The number of aliphatic hydroxyl groups is 1. The number of carbonyl (C=O) groups excluding carboxylic acids is 2. The van der Waals surface area contributed by atoms with Crippen molar-refractivity contribution in [1.82, 2.24) is 5.32 Å². The Bertz CT molecular complexity index is 530. The van der Waals surface area contributed by atoms with E-state index in [2.05, 4.69) is 10.6 Å². The van der Waals surface area contributed by atoms with Crippen LogP contribution in [-0.4, -0.2) is 30.1 Å². The smallest absolute Gasteiger partial charge is 0.313 e. The molecule has 116 valence electrons. The standard InChI is InChI=1S/C15H21FN2O3/c1-10-8-11(4-5-12(10)16)18-14(21)13(20)17-9-15(2,3)6-7-19/h4-5,8,19H,6-7,9H2,1-3H3,(H,17,20)(H,18,21). The number of amides is 2. The number of carbonyl (C=O) groups is 2. The Morgan fingerprint density at radius 3 is 2.52 bits per heavy atom. The van der Waals surface area contributed by atoms with Crippen LogP contribution in [-0.2, 0) is 9.59 Å². The third kappa shape index (κ3) is 5.51. The monoisotopic (exact) mass is 296 g/mol. The van der Waals surface area contributed by atoms with Crippen molar-refractivity contribution in [2.24, 2.45) is 5.41 Å². The Labute approximate surface area is 123 Å². The molecule has 1 aromatic carbocycles. The topological polar surface area (TPSA) is 78.4 Å². The van der Waals surface area contributed by atoms with Gasteiger partial charge in [-0.2, -0.15) is 0 Å². The van der Waals surface area contributed by atoms with Gasteiger partial charge >= 0.3 is 11.8 Å². The summed E-state index contributed by atoms with van der Waals surface area (Å²) >= 11 is 0. The van der Waals surface area contributed by atoms with Gasteiger partial charge in [0.05, 0.1) is 0 Å². The van der Waals surface area contributed by atoms with Crippen molar-refractivity contribution < 1.29 is 19.1 Å². The normalized spacial score (nSPS) is 11.1. The van der Waals surface area contributed by atoms with Crippen LogP contribution in [0.2, 0.25) is 0 Å². The number of aliphatic hydroxyl groups excluding tert-OH is 1. The lowest BCUT2D eigenvalue weighted by Crippen LogP contribution is -2.40. The first-order chi connectivity index (χ1) is 9.75. The fraction of sp³-hybridized carbons (Fsp3) is 0.467. The third-order valence-electron chi connectivity index (χ3n) is 3.14. The first-order valence-corrected chi connectivity index (χ1v) is 6.71. The van der Waals surface area contributed by atoms with E-state index in [1.54, 1.807) is 6.92 Å². The van der Waals surface area contributed by atoms with Crippen LogP contribution in [0.15, 0.2) is 18.2 Å². The molecule has 2 amide bonds. The SMILES string of the molecule is Cc1cc(NC(=O)C(=O)NCC(C)(C)CCO)ccc1F. The minimum absolute atomic E-state index is 0.0178. The zero-order chi connectivity index (χ0) is 16.0. The van der Waals surface area contributed by atoms with Gasteiger partial charge in [-0.1, -0.05) is 13.8 Å². The van der Waals surface area contributed by atoms with Crippen molar-refractivity contribution in [3.05, 3.63) is 29.6 Å². The molecule has 0 heterocycles. The molecule has 0 saturated carbocycles. The largest absolute Gasteiger partial charge is 0.396 e. The van der Waals surface area contributed by atoms with E-state index in [0.29, 0.717) is 17.7 Å². The van der Waals surface area contributed by atoms with E-state index in [1.807, 2.05) is 13.8 Å². The predicted molar refractivity (Wildman–Crippen MR) is 78.3 cm³/mol. The van der Waals surface area contributed by atoms with Crippen molar-refractivity contribution in [3.63, 3.8) is 0 Å². The van der Waals surface area contributed by atoms with Crippen LogP contribution in [0.25, 0.3) is 0 Å². The van der Waals surface area contributed by atoms with E-state index in [-0.39, 0.29) is 24.4 Å². The van der Waals surface area contributed by atoms with Gasteiger partial charge in [0.15, 0.2) is 0 Å². The maximum atomic E-state index is 13.1. The highest BCUT2D eigenvalue weighted by molar-refractivity contribution is 6.39. The second-order valence-corrected chi connectivity index (χ2v) is 5.74. The van der Waals surface area contributed by atoms with E-state index >= 15 is 0 Å². The maximum absolute atomic E-state index is 13.1. The molecule has 6 heteroatoms. The fourth-order valence-electron chi connectivity index (χ4n) is 1.70. The predicted octanol–water partition coefficient (Wildman–Crippen LogP) is 1.60. The molecule has 0 atom stereocenters.